The number of halogens is 2. The number of alkyl halides is 2. The van der Waals surface area contributed by atoms with Crippen molar-refractivity contribution >= 4 is 29.3 Å². The Morgan fingerprint density at radius 3 is 2.12 bits per heavy atom. The fourth-order valence-electron chi connectivity index (χ4n) is 3.63. The number of hydrogen-bond acceptors (Lipinski definition) is 6. The normalized spacial score (nSPS) is 19.0. The zero-order valence-electron chi connectivity index (χ0n) is 28.1. The summed E-state index contributed by atoms with van der Waals surface area (Å²) in [5, 5.41) is 4.02. The predicted octanol–water partition coefficient (Wildman–Crippen LogP) is 9.03. The van der Waals surface area contributed by atoms with Crippen molar-refractivity contribution in [3.8, 4) is 0 Å². The van der Waals surface area contributed by atoms with Crippen molar-refractivity contribution in [2.24, 2.45) is 11.8 Å². The molecule has 0 N–H and O–H groups in total. The Bertz CT molecular complexity index is 827. The Labute approximate surface area is 274 Å². The zero-order chi connectivity index (χ0) is 33.0. The van der Waals surface area contributed by atoms with Gasteiger partial charge >= 0.3 is 0 Å². The molecule has 0 unspecified atom stereocenters. The van der Waals surface area contributed by atoms with Crippen molar-refractivity contribution in [3.63, 3.8) is 0 Å². The number of ether oxygens (including phenoxy) is 2. The van der Waals surface area contributed by atoms with Gasteiger partial charge in [0.15, 0.2) is 0 Å². The second-order valence-electron chi connectivity index (χ2n) is 10.3. The van der Waals surface area contributed by atoms with Gasteiger partial charge in [-0.3, -0.25) is 9.68 Å². The lowest BCUT2D eigenvalue weighted by Crippen LogP contribution is -2.36. The molecule has 0 saturated carbocycles. The largest absolute Gasteiger partial charge is 0.381 e. The summed E-state index contributed by atoms with van der Waals surface area (Å²) in [4.78, 5) is 11.7. The maximum atomic E-state index is 5.86. The van der Waals surface area contributed by atoms with Crippen LogP contribution in [0.15, 0.2) is 74.4 Å². The fraction of sp³-hybridized carbons (Fsp3) is 0.600. The van der Waals surface area contributed by atoms with Crippen molar-refractivity contribution in [2.75, 3.05) is 45.9 Å². The standard InChI is InChI=1S/C14H27NO2.C12H23NO2.C8H8.CH2Cl2/c1-7-10-13(5)15(6)17-14(8-2)12(4)11-16-9-3;1-5-14-9-10(2)12-8-6-7-11(3)13(4)15-12;1-2-8-6-4-3-5-7-8;2-1-3/h7-8,12-14H,1-2,9-11H2,3-6H3;6,8,10-12H,5,7,9H2,1-4H3;2-7H,1H2;1H2/t12-,13-,14+;10-,11-,12+;;/m11../s1. The predicted molar refractivity (Wildman–Crippen MR) is 187 cm³/mol. The van der Waals surface area contributed by atoms with Gasteiger partial charge in [0, 0.05) is 51.2 Å². The van der Waals surface area contributed by atoms with E-state index in [1.807, 2.05) is 86.6 Å². The minimum Gasteiger partial charge on any atom is -0.381 e. The molecular formula is C35H60Cl2N2O4. The quantitative estimate of drug-likeness (QED) is 0.108. The summed E-state index contributed by atoms with van der Waals surface area (Å²) in [6.45, 7) is 26.7. The maximum Gasteiger partial charge on any atom is 0.102 e. The minimum atomic E-state index is -0.0150. The Balaban J connectivity index is 0. The maximum absolute atomic E-state index is 5.86. The molecule has 6 atom stereocenters. The Morgan fingerprint density at radius 1 is 1.05 bits per heavy atom. The molecule has 0 saturated heterocycles. The van der Waals surface area contributed by atoms with E-state index >= 15 is 0 Å². The number of rotatable bonds is 15. The average Bonchev–Trinajstić information content (AvgIpc) is 3.18. The van der Waals surface area contributed by atoms with Gasteiger partial charge in [-0.25, -0.2) is 0 Å². The second kappa shape index (κ2) is 29.2. The van der Waals surface area contributed by atoms with E-state index in [9.17, 15) is 0 Å². The van der Waals surface area contributed by atoms with Gasteiger partial charge in [-0.05, 0) is 46.1 Å². The van der Waals surface area contributed by atoms with Crippen molar-refractivity contribution in [2.45, 2.75) is 78.7 Å². The first-order valence-corrected chi connectivity index (χ1v) is 16.3. The Hall–Kier alpha value is -1.48. The molecule has 0 radical (unpaired) electrons. The lowest BCUT2D eigenvalue weighted by atomic mass is 10.1. The lowest BCUT2D eigenvalue weighted by molar-refractivity contribution is -0.202. The van der Waals surface area contributed by atoms with Gasteiger partial charge < -0.3 is 9.47 Å². The highest BCUT2D eigenvalue weighted by Gasteiger charge is 2.22. The van der Waals surface area contributed by atoms with Gasteiger partial charge in [-0.15, -0.1) is 36.4 Å². The van der Waals surface area contributed by atoms with Gasteiger partial charge in [-0.1, -0.05) is 81.1 Å². The first kappa shape index (κ1) is 43.6. The Morgan fingerprint density at radius 2 is 1.63 bits per heavy atom. The first-order valence-electron chi connectivity index (χ1n) is 15.2. The monoisotopic (exact) mass is 642 g/mol. The molecule has 0 spiro atoms. The van der Waals surface area contributed by atoms with Gasteiger partial charge in [0.1, 0.15) is 12.2 Å². The summed E-state index contributed by atoms with van der Waals surface area (Å²) in [5.41, 5.74) is 1.17. The minimum absolute atomic E-state index is 0.0150. The highest BCUT2D eigenvalue weighted by Crippen LogP contribution is 2.18. The third-order valence-corrected chi connectivity index (χ3v) is 6.69. The second-order valence-corrected chi connectivity index (χ2v) is 11.2. The van der Waals surface area contributed by atoms with Gasteiger partial charge in [0.05, 0.1) is 18.6 Å². The number of benzene rings is 1. The molecule has 1 aliphatic rings. The third-order valence-electron chi connectivity index (χ3n) is 6.69. The summed E-state index contributed by atoms with van der Waals surface area (Å²) in [6, 6.07) is 10.8. The molecule has 6 nitrogen and oxygen atoms in total. The summed E-state index contributed by atoms with van der Waals surface area (Å²) >= 11 is 9.53. The molecule has 1 aromatic rings. The van der Waals surface area contributed by atoms with Crippen molar-refractivity contribution < 1.29 is 19.1 Å². The molecule has 1 aliphatic heterocycles. The summed E-state index contributed by atoms with van der Waals surface area (Å²) < 4.78 is 10.8. The topological polar surface area (TPSA) is 43.4 Å². The highest BCUT2D eigenvalue weighted by atomic mass is 35.5. The third kappa shape index (κ3) is 22.7. The molecule has 0 bridgehead atoms. The molecular weight excluding hydrogens is 583 g/mol. The molecule has 2 rings (SSSR count). The van der Waals surface area contributed by atoms with Crippen molar-refractivity contribution in [1.82, 2.24) is 10.1 Å². The van der Waals surface area contributed by atoms with Crippen LogP contribution >= 0.6 is 23.2 Å². The molecule has 0 fully saturated rings. The van der Waals surface area contributed by atoms with Crippen LogP contribution in [0.1, 0.15) is 59.9 Å². The van der Waals surface area contributed by atoms with E-state index in [1.165, 1.54) is 5.56 Å². The van der Waals surface area contributed by atoms with E-state index in [0.29, 0.717) is 30.5 Å². The zero-order valence-corrected chi connectivity index (χ0v) is 29.6. The van der Waals surface area contributed by atoms with Crippen LogP contribution in [0.3, 0.4) is 0 Å². The number of nitrogens with zero attached hydrogens (tertiary/aromatic N) is 2. The van der Waals surface area contributed by atoms with E-state index in [1.54, 1.807) is 0 Å². The number of hydrogen-bond donors (Lipinski definition) is 0. The molecule has 1 aromatic carbocycles. The molecule has 0 aromatic heterocycles. The first-order chi connectivity index (χ1) is 20.6. The van der Waals surface area contributed by atoms with Crippen LogP contribution in [0.25, 0.3) is 6.08 Å². The van der Waals surface area contributed by atoms with Crippen LogP contribution in [0.4, 0.5) is 0 Å². The van der Waals surface area contributed by atoms with Gasteiger partial charge in [0.25, 0.3) is 0 Å². The van der Waals surface area contributed by atoms with Crippen LogP contribution in [-0.2, 0) is 19.1 Å². The molecule has 43 heavy (non-hydrogen) atoms. The van der Waals surface area contributed by atoms with Crippen LogP contribution < -0.4 is 0 Å². The average molecular weight is 644 g/mol. The SMILES string of the molecule is C=CC[C@@H](C)N(C)O[C@@H](C=C)[C@H](C)COCC.C=Cc1ccccc1.CCOC[C@@H](C)[C@@H]1C=CC[C@@H](C)N(C)O1.ClCCl. The van der Waals surface area contributed by atoms with E-state index in [4.69, 9.17) is 42.4 Å². The van der Waals surface area contributed by atoms with Crippen LogP contribution in [0.2, 0.25) is 0 Å². The lowest BCUT2D eigenvalue weighted by Gasteiger charge is -2.29. The van der Waals surface area contributed by atoms with Gasteiger partial charge in [0.2, 0.25) is 0 Å². The van der Waals surface area contributed by atoms with Gasteiger partial charge in [-0.2, -0.15) is 10.1 Å². The van der Waals surface area contributed by atoms with Crippen LogP contribution in [0.5, 0.6) is 0 Å². The van der Waals surface area contributed by atoms with E-state index in [2.05, 4.69) is 59.6 Å². The molecule has 248 valence electrons. The molecule has 0 aliphatic carbocycles. The summed E-state index contributed by atoms with van der Waals surface area (Å²) in [5.74, 6) is 0.694. The van der Waals surface area contributed by atoms with E-state index < -0.39 is 0 Å². The van der Waals surface area contributed by atoms with Crippen LogP contribution in [-0.4, -0.2) is 80.3 Å². The Kier molecular flexibility index (Phi) is 29.7. The van der Waals surface area contributed by atoms with E-state index in [-0.39, 0.29) is 17.5 Å². The fourth-order valence-corrected chi connectivity index (χ4v) is 3.63. The number of hydroxylamine groups is 4. The summed E-state index contributed by atoms with van der Waals surface area (Å²) in [7, 11) is 3.94. The highest BCUT2D eigenvalue weighted by molar-refractivity contribution is 6.40. The van der Waals surface area contributed by atoms with E-state index in [0.717, 1.165) is 32.7 Å². The molecule has 8 heteroatoms. The molecule has 1 heterocycles. The smallest absolute Gasteiger partial charge is 0.102 e. The van der Waals surface area contributed by atoms with Crippen LogP contribution in [0, 0.1) is 11.8 Å². The summed E-state index contributed by atoms with van der Waals surface area (Å²) in [6.07, 6.45) is 12.0. The van der Waals surface area contributed by atoms with Crippen molar-refractivity contribution in [3.05, 3.63) is 79.9 Å². The molecule has 0 amide bonds. The van der Waals surface area contributed by atoms with Crippen molar-refractivity contribution in [1.29, 1.82) is 0 Å².